The summed E-state index contributed by atoms with van der Waals surface area (Å²) in [5.74, 6) is 0.988. The van der Waals surface area contributed by atoms with Gasteiger partial charge in [-0.05, 0) is 12.8 Å². The number of rotatable bonds is 4. The van der Waals surface area contributed by atoms with Crippen molar-refractivity contribution < 1.29 is 0 Å². The molecule has 3 nitrogen and oxygen atoms in total. The third kappa shape index (κ3) is 2.61. The fraction of sp³-hybridized carbons (Fsp3) is 0.583. The maximum atomic E-state index is 4.33. The van der Waals surface area contributed by atoms with Crippen molar-refractivity contribution in [2.45, 2.75) is 44.7 Å². The monoisotopic (exact) mass is 205 g/mol. The molecule has 82 valence electrons. The Morgan fingerprint density at radius 2 is 2.27 bits per heavy atom. The Kier molecular flexibility index (Phi) is 3.43. The van der Waals surface area contributed by atoms with Crippen LogP contribution in [0.1, 0.15) is 32.1 Å². The van der Waals surface area contributed by atoms with Gasteiger partial charge >= 0.3 is 0 Å². The van der Waals surface area contributed by atoms with Gasteiger partial charge < -0.3 is 9.88 Å². The quantitative estimate of drug-likeness (QED) is 0.766. The predicted octanol–water partition coefficient (Wildman–Crippen LogP) is 2.81. The SMILES string of the molecule is C=CCn1ccnc1NC1CCCCC1. The second kappa shape index (κ2) is 5.01. The molecule has 1 heterocycles. The van der Waals surface area contributed by atoms with Gasteiger partial charge in [0.25, 0.3) is 0 Å². The van der Waals surface area contributed by atoms with Crippen molar-refractivity contribution in [1.82, 2.24) is 9.55 Å². The van der Waals surface area contributed by atoms with Crippen molar-refractivity contribution in [2.24, 2.45) is 0 Å². The zero-order chi connectivity index (χ0) is 10.5. The van der Waals surface area contributed by atoms with Gasteiger partial charge in [0.1, 0.15) is 0 Å². The van der Waals surface area contributed by atoms with E-state index in [1.165, 1.54) is 32.1 Å². The van der Waals surface area contributed by atoms with Gasteiger partial charge in [0, 0.05) is 25.0 Å². The highest BCUT2D eigenvalue weighted by molar-refractivity contribution is 5.28. The van der Waals surface area contributed by atoms with E-state index >= 15 is 0 Å². The van der Waals surface area contributed by atoms with Crippen molar-refractivity contribution in [3.63, 3.8) is 0 Å². The summed E-state index contributed by atoms with van der Waals surface area (Å²) in [4.78, 5) is 4.33. The minimum atomic E-state index is 0.615. The minimum absolute atomic E-state index is 0.615. The van der Waals surface area contributed by atoms with Crippen LogP contribution >= 0.6 is 0 Å². The molecule has 2 rings (SSSR count). The van der Waals surface area contributed by atoms with E-state index in [1.807, 2.05) is 18.5 Å². The second-order valence-electron chi connectivity index (χ2n) is 4.17. The van der Waals surface area contributed by atoms with Crippen molar-refractivity contribution in [3.05, 3.63) is 25.0 Å². The Labute approximate surface area is 91.2 Å². The summed E-state index contributed by atoms with van der Waals surface area (Å²) in [5, 5.41) is 3.52. The molecule has 0 saturated heterocycles. The van der Waals surface area contributed by atoms with Crippen LogP contribution in [0.2, 0.25) is 0 Å². The lowest BCUT2D eigenvalue weighted by Crippen LogP contribution is -2.24. The fourth-order valence-electron chi connectivity index (χ4n) is 2.17. The highest BCUT2D eigenvalue weighted by atomic mass is 15.2. The lowest BCUT2D eigenvalue weighted by Gasteiger charge is -2.23. The summed E-state index contributed by atoms with van der Waals surface area (Å²) in [6.07, 6.45) is 12.4. The third-order valence-electron chi connectivity index (χ3n) is 2.98. The number of nitrogens with zero attached hydrogens (tertiary/aromatic N) is 2. The minimum Gasteiger partial charge on any atom is -0.353 e. The van der Waals surface area contributed by atoms with Crippen LogP contribution in [0.25, 0.3) is 0 Å². The maximum Gasteiger partial charge on any atom is 0.203 e. The summed E-state index contributed by atoms with van der Waals surface area (Å²) < 4.78 is 2.10. The average molecular weight is 205 g/mol. The van der Waals surface area contributed by atoms with E-state index in [-0.39, 0.29) is 0 Å². The molecule has 1 aromatic rings. The van der Waals surface area contributed by atoms with Crippen LogP contribution < -0.4 is 5.32 Å². The van der Waals surface area contributed by atoms with Gasteiger partial charge in [0.05, 0.1) is 0 Å². The normalized spacial score (nSPS) is 17.6. The molecular weight excluding hydrogens is 186 g/mol. The number of allylic oxidation sites excluding steroid dienone is 1. The molecular formula is C12H19N3. The number of aromatic nitrogens is 2. The first-order chi connectivity index (χ1) is 7.40. The van der Waals surface area contributed by atoms with E-state index in [2.05, 4.69) is 21.4 Å². The average Bonchev–Trinajstić information content (AvgIpc) is 2.68. The predicted molar refractivity (Wildman–Crippen MR) is 62.9 cm³/mol. The van der Waals surface area contributed by atoms with Gasteiger partial charge in [0.15, 0.2) is 0 Å². The molecule has 0 aliphatic heterocycles. The molecule has 1 fully saturated rings. The first-order valence-corrected chi connectivity index (χ1v) is 5.78. The van der Waals surface area contributed by atoms with Crippen molar-refractivity contribution >= 4 is 5.95 Å². The Balaban J connectivity index is 1.96. The van der Waals surface area contributed by atoms with Crippen molar-refractivity contribution in [1.29, 1.82) is 0 Å². The first kappa shape index (κ1) is 10.3. The smallest absolute Gasteiger partial charge is 0.203 e. The van der Waals surface area contributed by atoms with Crippen LogP contribution in [0.4, 0.5) is 5.95 Å². The number of imidazole rings is 1. The van der Waals surface area contributed by atoms with Crippen LogP contribution in [0, 0.1) is 0 Å². The standard InChI is InChI=1S/C12H19N3/c1-2-9-15-10-8-13-12(15)14-11-6-4-3-5-7-11/h2,8,10-11H,1,3-7,9H2,(H,13,14). The van der Waals surface area contributed by atoms with E-state index in [0.717, 1.165) is 12.5 Å². The molecule has 15 heavy (non-hydrogen) atoms. The maximum absolute atomic E-state index is 4.33. The van der Waals surface area contributed by atoms with Crippen LogP contribution in [0.15, 0.2) is 25.0 Å². The molecule has 0 atom stereocenters. The Hall–Kier alpha value is -1.25. The van der Waals surface area contributed by atoms with Crippen molar-refractivity contribution in [3.8, 4) is 0 Å². The summed E-state index contributed by atoms with van der Waals surface area (Å²) in [6.45, 7) is 4.58. The molecule has 1 N–H and O–H groups in total. The van der Waals surface area contributed by atoms with Gasteiger partial charge in [-0.1, -0.05) is 25.3 Å². The van der Waals surface area contributed by atoms with Gasteiger partial charge in [-0.25, -0.2) is 4.98 Å². The van der Waals surface area contributed by atoms with Gasteiger partial charge in [0.2, 0.25) is 5.95 Å². The van der Waals surface area contributed by atoms with E-state index in [4.69, 9.17) is 0 Å². The fourth-order valence-corrected chi connectivity index (χ4v) is 2.17. The second-order valence-corrected chi connectivity index (χ2v) is 4.17. The van der Waals surface area contributed by atoms with Crippen LogP contribution in [-0.4, -0.2) is 15.6 Å². The van der Waals surface area contributed by atoms with Crippen LogP contribution in [0.5, 0.6) is 0 Å². The number of anilines is 1. The zero-order valence-corrected chi connectivity index (χ0v) is 9.15. The highest BCUT2D eigenvalue weighted by Crippen LogP contribution is 2.20. The molecule has 0 radical (unpaired) electrons. The molecule has 0 aromatic carbocycles. The molecule has 1 aliphatic carbocycles. The van der Waals surface area contributed by atoms with Gasteiger partial charge in [-0.2, -0.15) is 0 Å². The third-order valence-corrected chi connectivity index (χ3v) is 2.98. The van der Waals surface area contributed by atoms with Gasteiger partial charge in [-0.15, -0.1) is 6.58 Å². The summed E-state index contributed by atoms with van der Waals surface area (Å²) in [6, 6.07) is 0.615. The molecule has 1 aliphatic rings. The molecule has 0 amide bonds. The molecule has 0 bridgehead atoms. The largest absolute Gasteiger partial charge is 0.353 e. The van der Waals surface area contributed by atoms with E-state index in [1.54, 1.807) is 0 Å². The number of hydrogen-bond acceptors (Lipinski definition) is 2. The van der Waals surface area contributed by atoms with Crippen LogP contribution in [0.3, 0.4) is 0 Å². The van der Waals surface area contributed by atoms with E-state index in [0.29, 0.717) is 6.04 Å². The summed E-state index contributed by atoms with van der Waals surface area (Å²) in [7, 11) is 0. The lowest BCUT2D eigenvalue weighted by atomic mass is 9.96. The van der Waals surface area contributed by atoms with Gasteiger partial charge in [-0.3, -0.25) is 0 Å². The topological polar surface area (TPSA) is 29.9 Å². The molecule has 1 saturated carbocycles. The Morgan fingerprint density at radius 3 is 3.00 bits per heavy atom. The van der Waals surface area contributed by atoms with Crippen LogP contribution in [-0.2, 0) is 6.54 Å². The molecule has 0 spiro atoms. The highest BCUT2D eigenvalue weighted by Gasteiger charge is 2.14. The Morgan fingerprint density at radius 1 is 1.47 bits per heavy atom. The van der Waals surface area contributed by atoms with E-state index in [9.17, 15) is 0 Å². The van der Waals surface area contributed by atoms with Crippen molar-refractivity contribution in [2.75, 3.05) is 5.32 Å². The number of nitrogens with one attached hydrogen (secondary N) is 1. The molecule has 1 aromatic heterocycles. The zero-order valence-electron chi connectivity index (χ0n) is 9.15. The molecule has 0 unspecified atom stereocenters. The lowest BCUT2D eigenvalue weighted by molar-refractivity contribution is 0.459. The Bertz CT molecular complexity index is 310. The summed E-state index contributed by atoms with van der Waals surface area (Å²) >= 11 is 0. The molecule has 3 heteroatoms. The number of hydrogen-bond donors (Lipinski definition) is 1. The van der Waals surface area contributed by atoms with E-state index < -0.39 is 0 Å². The summed E-state index contributed by atoms with van der Waals surface area (Å²) in [5.41, 5.74) is 0. The first-order valence-electron chi connectivity index (χ1n) is 5.78.